The average Bonchev–Trinajstić information content (AvgIpc) is 3.29. The van der Waals surface area contributed by atoms with Crippen LogP contribution in [0.1, 0.15) is 23.1 Å². The molecule has 3 rings (SSSR count). The Hall–Kier alpha value is -3.13. The first-order valence-corrected chi connectivity index (χ1v) is 9.39. The van der Waals surface area contributed by atoms with Crippen molar-refractivity contribution >= 4 is 22.6 Å². The van der Waals surface area contributed by atoms with E-state index in [1.54, 1.807) is 0 Å². The molecule has 0 fully saturated rings. The number of alkyl halides is 6. The van der Waals surface area contributed by atoms with E-state index in [0.717, 1.165) is 18.4 Å². The Morgan fingerprint density at radius 2 is 1.94 bits per heavy atom. The highest BCUT2D eigenvalue weighted by molar-refractivity contribution is 7.09. The van der Waals surface area contributed by atoms with Gasteiger partial charge in [0.1, 0.15) is 23.6 Å². The highest BCUT2D eigenvalue weighted by Gasteiger charge is 2.50. The van der Waals surface area contributed by atoms with E-state index in [1.165, 1.54) is 18.2 Å². The molecule has 0 aliphatic rings. The smallest absolute Gasteiger partial charge is 0.464 e. The number of anilines is 1. The fraction of sp³-hybridized carbons (Fsp3) is 0.278. The van der Waals surface area contributed by atoms with E-state index in [0.29, 0.717) is 18.5 Å². The van der Waals surface area contributed by atoms with E-state index in [9.17, 15) is 36.2 Å². The van der Waals surface area contributed by atoms with E-state index in [2.05, 4.69) is 19.4 Å². The molecule has 0 bridgehead atoms. The summed E-state index contributed by atoms with van der Waals surface area (Å²) in [4.78, 5) is 16.1. The third-order valence-electron chi connectivity index (χ3n) is 4.02. The second-order valence-electron chi connectivity index (χ2n) is 6.69. The van der Waals surface area contributed by atoms with Crippen LogP contribution >= 0.6 is 11.5 Å². The van der Waals surface area contributed by atoms with Crippen LogP contribution in [-0.2, 0) is 6.42 Å². The summed E-state index contributed by atoms with van der Waals surface area (Å²) in [7, 11) is 0. The van der Waals surface area contributed by atoms with Gasteiger partial charge in [0.25, 0.3) is 5.91 Å². The normalized spacial score (nSPS) is 14.1. The standard InChI is InChI=1S/C18H13F6N3O4S/c1-16(29,17(19,20)21)7-13-25-15(32-27-13)26-14(28)10-6-12(30-8-10)9-3-2-4-11(5-9)31-18(22,23)24/h2-6,8,29H,7H2,1H3,(H,25,26,27,28). The lowest BCUT2D eigenvalue weighted by Gasteiger charge is -2.24. The molecule has 1 amide bonds. The number of hydrogen-bond donors (Lipinski definition) is 2. The largest absolute Gasteiger partial charge is 0.573 e. The van der Waals surface area contributed by atoms with E-state index >= 15 is 0 Å². The van der Waals surface area contributed by atoms with Crippen LogP contribution in [0.4, 0.5) is 31.5 Å². The van der Waals surface area contributed by atoms with Gasteiger partial charge in [-0.15, -0.1) is 13.2 Å². The average molecular weight is 481 g/mol. The zero-order valence-electron chi connectivity index (χ0n) is 15.9. The molecule has 0 radical (unpaired) electrons. The van der Waals surface area contributed by atoms with Crippen molar-refractivity contribution in [3.63, 3.8) is 0 Å². The lowest BCUT2D eigenvalue weighted by Crippen LogP contribution is -2.44. The van der Waals surface area contributed by atoms with E-state index in [-0.39, 0.29) is 27.8 Å². The van der Waals surface area contributed by atoms with Crippen LogP contribution in [-0.4, -0.2) is 38.5 Å². The van der Waals surface area contributed by atoms with Gasteiger partial charge in [-0.2, -0.15) is 17.5 Å². The van der Waals surface area contributed by atoms with Crippen LogP contribution in [0, 0.1) is 0 Å². The number of aliphatic hydroxyl groups is 1. The number of rotatable bonds is 6. The first-order chi connectivity index (χ1) is 14.7. The van der Waals surface area contributed by atoms with Crippen LogP contribution in [0.5, 0.6) is 5.75 Å². The predicted molar refractivity (Wildman–Crippen MR) is 99.1 cm³/mol. The molecule has 7 nitrogen and oxygen atoms in total. The van der Waals surface area contributed by atoms with Gasteiger partial charge in [-0.3, -0.25) is 10.1 Å². The van der Waals surface area contributed by atoms with Crippen LogP contribution in [0.3, 0.4) is 0 Å². The third kappa shape index (κ3) is 5.76. The Kier molecular flexibility index (Phi) is 6.20. The van der Waals surface area contributed by atoms with Crippen LogP contribution in [0.25, 0.3) is 11.3 Å². The molecule has 14 heteroatoms. The lowest BCUT2D eigenvalue weighted by atomic mass is 10.0. The van der Waals surface area contributed by atoms with Crippen molar-refractivity contribution in [3.8, 4) is 17.1 Å². The number of amides is 1. The van der Waals surface area contributed by atoms with Gasteiger partial charge in [0.15, 0.2) is 5.60 Å². The van der Waals surface area contributed by atoms with Gasteiger partial charge in [0.05, 0.1) is 5.56 Å². The fourth-order valence-corrected chi connectivity index (χ4v) is 2.99. The van der Waals surface area contributed by atoms with Gasteiger partial charge in [0.2, 0.25) is 5.13 Å². The first-order valence-electron chi connectivity index (χ1n) is 8.61. The van der Waals surface area contributed by atoms with E-state index < -0.39 is 36.2 Å². The summed E-state index contributed by atoms with van der Waals surface area (Å²) in [6.45, 7) is 0.577. The summed E-state index contributed by atoms with van der Waals surface area (Å²) < 4.78 is 88.1. The Morgan fingerprint density at radius 1 is 1.22 bits per heavy atom. The monoisotopic (exact) mass is 481 g/mol. The number of hydrogen-bond acceptors (Lipinski definition) is 7. The van der Waals surface area contributed by atoms with Gasteiger partial charge >= 0.3 is 12.5 Å². The van der Waals surface area contributed by atoms with Gasteiger partial charge < -0.3 is 14.3 Å². The lowest BCUT2D eigenvalue weighted by molar-refractivity contribution is -0.274. The number of ether oxygens (including phenoxy) is 1. The summed E-state index contributed by atoms with van der Waals surface area (Å²) in [6.07, 6.45) is -9.63. The van der Waals surface area contributed by atoms with Crippen molar-refractivity contribution in [2.75, 3.05) is 5.32 Å². The number of furan rings is 1. The van der Waals surface area contributed by atoms with Gasteiger partial charge in [-0.1, -0.05) is 12.1 Å². The van der Waals surface area contributed by atoms with Crippen molar-refractivity contribution < 1.29 is 45.4 Å². The molecular formula is C18H13F6N3O4S. The summed E-state index contributed by atoms with van der Waals surface area (Å²) >= 11 is 0.609. The summed E-state index contributed by atoms with van der Waals surface area (Å²) in [5.41, 5.74) is -2.86. The number of halogens is 6. The zero-order valence-corrected chi connectivity index (χ0v) is 16.7. The number of nitrogens with one attached hydrogen (secondary N) is 1. The maximum Gasteiger partial charge on any atom is 0.573 e. The van der Waals surface area contributed by atoms with Crippen molar-refractivity contribution in [1.82, 2.24) is 9.36 Å². The molecule has 0 aliphatic carbocycles. The first kappa shape index (κ1) is 23.5. The molecule has 32 heavy (non-hydrogen) atoms. The zero-order chi connectivity index (χ0) is 23.7. The minimum Gasteiger partial charge on any atom is -0.464 e. The molecule has 2 aromatic heterocycles. The molecule has 0 aliphatic heterocycles. The molecule has 2 heterocycles. The second-order valence-corrected chi connectivity index (χ2v) is 7.45. The Balaban J connectivity index is 1.69. The molecule has 3 aromatic rings. The molecule has 1 aromatic carbocycles. The van der Waals surface area contributed by atoms with Crippen molar-refractivity contribution in [3.05, 3.63) is 48.0 Å². The number of aromatic nitrogens is 2. The minimum absolute atomic E-state index is 0.0267. The predicted octanol–water partition coefficient (Wildman–Crippen LogP) is 4.80. The molecule has 0 saturated carbocycles. The third-order valence-corrected chi connectivity index (χ3v) is 4.68. The quantitative estimate of drug-likeness (QED) is 0.491. The second kappa shape index (κ2) is 8.43. The topological polar surface area (TPSA) is 97.5 Å². The van der Waals surface area contributed by atoms with E-state index in [4.69, 9.17) is 4.42 Å². The molecule has 0 saturated heterocycles. The van der Waals surface area contributed by atoms with Gasteiger partial charge in [-0.05, 0) is 25.1 Å². The number of carbonyl (C=O) groups excluding carboxylic acids is 1. The molecule has 1 atom stereocenters. The van der Waals surface area contributed by atoms with Crippen molar-refractivity contribution in [1.29, 1.82) is 0 Å². The van der Waals surface area contributed by atoms with Crippen molar-refractivity contribution in [2.24, 2.45) is 0 Å². The molecular weight excluding hydrogens is 468 g/mol. The van der Waals surface area contributed by atoms with Crippen LogP contribution in [0.2, 0.25) is 0 Å². The Morgan fingerprint density at radius 3 is 2.59 bits per heavy atom. The molecule has 1 unspecified atom stereocenters. The maximum atomic E-state index is 12.8. The van der Waals surface area contributed by atoms with E-state index in [1.807, 2.05) is 0 Å². The molecule has 172 valence electrons. The Bertz CT molecular complexity index is 1110. The number of nitrogens with zero attached hydrogens (tertiary/aromatic N) is 2. The molecule has 0 spiro atoms. The van der Waals surface area contributed by atoms with Gasteiger partial charge in [0, 0.05) is 23.5 Å². The highest BCUT2D eigenvalue weighted by atomic mass is 32.1. The highest BCUT2D eigenvalue weighted by Crippen LogP contribution is 2.33. The summed E-state index contributed by atoms with van der Waals surface area (Å²) in [5, 5.41) is 11.7. The maximum absolute atomic E-state index is 12.8. The number of benzene rings is 1. The Labute approximate surface area is 179 Å². The minimum atomic E-state index is -4.89. The SMILES string of the molecule is CC(O)(Cc1nsc(NC(=O)c2coc(-c3cccc(OC(F)(F)F)c3)c2)n1)C(F)(F)F. The summed E-state index contributed by atoms with van der Waals surface area (Å²) in [6, 6.07) is 6.15. The van der Waals surface area contributed by atoms with Crippen LogP contribution in [0.15, 0.2) is 41.0 Å². The van der Waals surface area contributed by atoms with Gasteiger partial charge in [-0.25, -0.2) is 4.98 Å². The number of carbonyl (C=O) groups is 1. The van der Waals surface area contributed by atoms with Crippen molar-refractivity contribution in [2.45, 2.75) is 31.5 Å². The molecule has 2 N–H and O–H groups in total. The fourth-order valence-electron chi connectivity index (χ4n) is 2.41. The van der Waals surface area contributed by atoms with Crippen LogP contribution < -0.4 is 10.1 Å². The summed E-state index contributed by atoms with van der Waals surface area (Å²) in [5.74, 6) is -1.47.